The van der Waals surface area contributed by atoms with E-state index in [0.29, 0.717) is 36.0 Å². The zero-order valence-corrected chi connectivity index (χ0v) is 22.5. The fraction of sp³-hybridized carbons (Fsp3) is 0.179. The van der Waals surface area contributed by atoms with Crippen molar-refractivity contribution in [1.29, 1.82) is 0 Å². The Morgan fingerprint density at radius 1 is 1.21 bits per heavy atom. The number of hydrogen-bond acceptors (Lipinski definition) is 6. The number of aryl methyl sites for hydroxylation is 3. The molecule has 0 atom stereocenters. The summed E-state index contributed by atoms with van der Waals surface area (Å²) in [5.41, 5.74) is 5.69. The van der Waals surface area contributed by atoms with Crippen LogP contribution < -0.4 is 15.5 Å². The summed E-state index contributed by atoms with van der Waals surface area (Å²) in [7, 11) is 1.76. The molecule has 5 rings (SSSR count). The van der Waals surface area contributed by atoms with Gasteiger partial charge in [-0.15, -0.1) is 0 Å². The van der Waals surface area contributed by atoms with Gasteiger partial charge in [-0.3, -0.25) is 9.48 Å². The number of hydrogen-bond donors (Lipinski definition) is 2. The number of carbonyl (C=O) groups excluding carboxylic acids is 2. The van der Waals surface area contributed by atoms with Crippen LogP contribution in [0.1, 0.15) is 22.3 Å². The van der Waals surface area contributed by atoms with Gasteiger partial charge < -0.3 is 15.5 Å². The normalized spacial score (nSPS) is 12.8. The lowest BCUT2D eigenvalue weighted by molar-refractivity contribution is -0.111. The highest BCUT2D eigenvalue weighted by atomic mass is 35.5. The van der Waals surface area contributed by atoms with Gasteiger partial charge in [0.25, 0.3) is 0 Å². The van der Waals surface area contributed by atoms with Gasteiger partial charge in [0.05, 0.1) is 17.9 Å². The van der Waals surface area contributed by atoms with E-state index < -0.39 is 0 Å². The molecule has 2 N–H and O–H groups in total. The zero-order chi connectivity index (χ0) is 27.7. The van der Waals surface area contributed by atoms with Crippen LogP contribution in [0.15, 0.2) is 67.5 Å². The first-order chi connectivity index (χ1) is 18.7. The van der Waals surface area contributed by atoms with E-state index in [2.05, 4.69) is 33.4 Å². The third-order valence-electron chi connectivity index (χ3n) is 6.32. The van der Waals surface area contributed by atoms with Crippen LogP contribution in [0, 0.1) is 13.8 Å². The van der Waals surface area contributed by atoms with Crippen LogP contribution in [-0.4, -0.2) is 36.6 Å². The lowest BCUT2D eigenvalue weighted by atomic mass is 10.0. The van der Waals surface area contributed by atoms with Crippen LogP contribution in [0.3, 0.4) is 0 Å². The number of rotatable bonds is 7. The summed E-state index contributed by atoms with van der Waals surface area (Å²) in [5.74, 6) is 0.345. The van der Waals surface area contributed by atoms with Gasteiger partial charge >= 0.3 is 6.03 Å². The van der Waals surface area contributed by atoms with E-state index in [1.165, 1.54) is 11.0 Å². The largest absolute Gasteiger partial charge is 0.330 e. The van der Waals surface area contributed by atoms with Crippen LogP contribution in [0.25, 0.3) is 0 Å². The van der Waals surface area contributed by atoms with Gasteiger partial charge in [0.1, 0.15) is 0 Å². The highest BCUT2D eigenvalue weighted by molar-refractivity contribution is 6.32. The average Bonchev–Trinajstić information content (AvgIpc) is 3.22. The number of fused-ring (bicyclic) bond motifs is 1. The van der Waals surface area contributed by atoms with Gasteiger partial charge in [-0.2, -0.15) is 10.1 Å². The lowest BCUT2D eigenvalue weighted by Crippen LogP contribution is -2.45. The van der Waals surface area contributed by atoms with Crippen molar-refractivity contribution in [2.24, 2.45) is 7.05 Å². The molecule has 1 aliphatic rings. The van der Waals surface area contributed by atoms with E-state index in [1.54, 1.807) is 53.3 Å². The van der Waals surface area contributed by atoms with Crippen molar-refractivity contribution in [3.8, 4) is 0 Å². The standard InChI is InChI=1S/C28H27ClN8O2/c1-5-24(38)31-21-7-6-8-22(12-21)37-26-20(13-30-27(33-26)32-23-16-35(4)34-25(23)29)15-36(28(37)39)14-19-10-9-17(2)11-18(19)3/h5-13,16H,1,14-15H2,2-4H3,(H,31,38)(H,30,32,33). The van der Waals surface area contributed by atoms with Gasteiger partial charge in [-0.25, -0.2) is 14.7 Å². The van der Waals surface area contributed by atoms with Crippen molar-refractivity contribution in [2.75, 3.05) is 15.5 Å². The molecule has 198 valence electrons. The Morgan fingerprint density at radius 2 is 2.03 bits per heavy atom. The molecule has 0 bridgehead atoms. The van der Waals surface area contributed by atoms with E-state index in [1.807, 2.05) is 26.0 Å². The molecule has 0 radical (unpaired) electrons. The molecule has 2 aromatic carbocycles. The highest BCUT2D eigenvalue weighted by Gasteiger charge is 2.34. The molecule has 0 fully saturated rings. The predicted molar refractivity (Wildman–Crippen MR) is 151 cm³/mol. The van der Waals surface area contributed by atoms with E-state index >= 15 is 0 Å². The number of amides is 3. The fourth-order valence-corrected chi connectivity index (χ4v) is 4.65. The van der Waals surface area contributed by atoms with Crippen LogP contribution >= 0.6 is 11.6 Å². The Labute approximate surface area is 230 Å². The maximum absolute atomic E-state index is 14.0. The minimum atomic E-state index is -0.351. The molecule has 0 saturated heterocycles. The molecule has 0 saturated carbocycles. The topological polar surface area (TPSA) is 108 Å². The zero-order valence-electron chi connectivity index (χ0n) is 21.8. The van der Waals surface area contributed by atoms with Gasteiger partial charge in [0.2, 0.25) is 11.9 Å². The Balaban J connectivity index is 1.55. The Morgan fingerprint density at radius 3 is 2.74 bits per heavy atom. The average molecular weight is 543 g/mol. The smallest absolute Gasteiger partial charge is 0.322 e. The first-order valence-corrected chi connectivity index (χ1v) is 12.6. The van der Waals surface area contributed by atoms with E-state index in [9.17, 15) is 9.59 Å². The molecule has 3 amide bonds. The van der Waals surface area contributed by atoms with Crippen molar-refractivity contribution in [1.82, 2.24) is 24.6 Å². The molecule has 11 heteroatoms. The minimum absolute atomic E-state index is 0.251. The predicted octanol–water partition coefficient (Wildman–Crippen LogP) is 5.62. The fourth-order valence-electron chi connectivity index (χ4n) is 4.44. The highest BCUT2D eigenvalue weighted by Crippen LogP contribution is 2.36. The summed E-state index contributed by atoms with van der Waals surface area (Å²) >= 11 is 6.21. The van der Waals surface area contributed by atoms with Crippen molar-refractivity contribution in [3.05, 3.63) is 94.9 Å². The van der Waals surface area contributed by atoms with E-state index in [-0.39, 0.29) is 23.0 Å². The van der Waals surface area contributed by atoms with Crippen LogP contribution in [0.4, 0.5) is 33.6 Å². The van der Waals surface area contributed by atoms with Crippen molar-refractivity contribution in [3.63, 3.8) is 0 Å². The summed E-state index contributed by atoms with van der Waals surface area (Å²) in [6.07, 6.45) is 4.60. The number of carbonyl (C=O) groups is 2. The molecule has 39 heavy (non-hydrogen) atoms. The van der Waals surface area contributed by atoms with Crippen LogP contribution in [0.2, 0.25) is 5.15 Å². The maximum atomic E-state index is 14.0. The second kappa shape index (κ2) is 10.6. The number of aromatic nitrogens is 4. The molecule has 0 unspecified atom stereocenters. The molecule has 3 heterocycles. The summed E-state index contributed by atoms with van der Waals surface area (Å²) in [6.45, 7) is 8.33. The number of urea groups is 1. The van der Waals surface area contributed by atoms with Crippen LogP contribution in [-0.2, 0) is 24.9 Å². The quantitative estimate of drug-likeness (QED) is 0.293. The number of halogens is 1. The summed E-state index contributed by atoms with van der Waals surface area (Å²) in [5, 5.41) is 10.2. The molecule has 0 spiro atoms. The van der Waals surface area contributed by atoms with Gasteiger partial charge in [0.15, 0.2) is 11.0 Å². The van der Waals surface area contributed by atoms with Crippen molar-refractivity contribution >= 4 is 52.4 Å². The monoisotopic (exact) mass is 542 g/mol. The lowest BCUT2D eigenvalue weighted by Gasteiger charge is -2.36. The number of anilines is 5. The first-order valence-electron chi connectivity index (χ1n) is 12.2. The maximum Gasteiger partial charge on any atom is 0.330 e. The third-order valence-corrected chi connectivity index (χ3v) is 6.60. The summed E-state index contributed by atoms with van der Waals surface area (Å²) in [6, 6.07) is 13.0. The van der Waals surface area contributed by atoms with Gasteiger partial charge in [-0.1, -0.05) is 48.0 Å². The van der Waals surface area contributed by atoms with Gasteiger partial charge in [-0.05, 0) is 49.2 Å². The Kier molecular flexibility index (Phi) is 7.03. The summed E-state index contributed by atoms with van der Waals surface area (Å²) < 4.78 is 1.58. The second-order valence-electron chi connectivity index (χ2n) is 9.32. The minimum Gasteiger partial charge on any atom is -0.322 e. The Bertz CT molecular complexity index is 1600. The number of nitrogens with zero attached hydrogens (tertiary/aromatic N) is 6. The van der Waals surface area contributed by atoms with Gasteiger partial charge in [0, 0.05) is 37.2 Å². The van der Waals surface area contributed by atoms with E-state index in [0.717, 1.165) is 22.3 Å². The van der Waals surface area contributed by atoms with Crippen molar-refractivity contribution < 1.29 is 9.59 Å². The van der Waals surface area contributed by atoms with E-state index in [4.69, 9.17) is 16.6 Å². The second-order valence-corrected chi connectivity index (χ2v) is 9.68. The molecule has 0 aliphatic carbocycles. The third kappa shape index (κ3) is 5.46. The SMILES string of the molecule is C=CC(=O)Nc1cccc(N2C(=O)N(Cc3ccc(C)cc3C)Cc3cnc(Nc4cn(C)nc4Cl)nc32)c1. The molecule has 4 aromatic rings. The van der Waals surface area contributed by atoms with Crippen molar-refractivity contribution in [2.45, 2.75) is 26.9 Å². The first kappa shape index (κ1) is 25.9. The molecule has 2 aromatic heterocycles. The molecular weight excluding hydrogens is 516 g/mol. The summed E-state index contributed by atoms with van der Waals surface area (Å²) in [4.78, 5) is 38.4. The number of nitrogens with one attached hydrogen (secondary N) is 2. The number of benzene rings is 2. The molecule has 1 aliphatic heterocycles. The van der Waals surface area contributed by atoms with Crippen LogP contribution in [0.5, 0.6) is 0 Å². The Hall–Kier alpha value is -4.70. The molecular formula is C28H27ClN8O2. The molecule has 10 nitrogen and oxygen atoms in total.